The molecule has 8 heteroatoms. The number of carbonyl (C=O) groups is 1. The number of non-ortho nitro benzene ring substituents is 1. The van der Waals surface area contributed by atoms with Crippen LogP contribution in [0.2, 0.25) is 0 Å². The summed E-state index contributed by atoms with van der Waals surface area (Å²) in [7, 11) is 0. The Hall–Kier alpha value is -5.37. The van der Waals surface area contributed by atoms with Crippen molar-refractivity contribution in [3.8, 4) is 28.1 Å². The average molecular weight is 502 g/mol. The number of nitro groups is 1. The molecule has 0 radical (unpaired) electrons. The number of aromatic nitrogens is 2. The van der Waals surface area contributed by atoms with Gasteiger partial charge in [-0.05, 0) is 35.7 Å². The zero-order valence-electron chi connectivity index (χ0n) is 20.5. The summed E-state index contributed by atoms with van der Waals surface area (Å²) in [5.74, 6) is -0.499. The van der Waals surface area contributed by atoms with E-state index in [4.69, 9.17) is 0 Å². The summed E-state index contributed by atoms with van der Waals surface area (Å²) in [5.41, 5.74) is 8.82. The lowest BCUT2D eigenvalue weighted by Gasteiger charge is -2.11. The van der Waals surface area contributed by atoms with E-state index in [0.29, 0.717) is 5.56 Å². The number of hydrazone groups is 1. The molecule has 0 aliphatic rings. The molecule has 1 amide bonds. The van der Waals surface area contributed by atoms with Crippen LogP contribution in [-0.2, 0) is 0 Å². The largest absolute Gasteiger partial charge is 0.291 e. The van der Waals surface area contributed by atoms with E-state index in [0.717, 1.165) is 33.6 Å². The van der Waals surface area contributed by atoms with Gasteiger partial charge in [-0.15, -0.1) is 0 Å². The van der Waals surface area contributed by atoms with Gasteiger partial charge in [0, 0.05) is 23.3 Å². The molecule has 186 valence electrons. The van der Waals surface area contributed by atoms with Gasteiger partial charge in [0.1, 0.15) is 0 Å². The third-order valence-electron chi connectivity index (χ3n) is 6.03. The third kappa shape index (κ3) is 5.24. The molecule has 1 N–H and O–H groups in total. The van der Waals surface area contributed by atoms with Crippen LogP contribution >= 0.6 is 0 Å². The zero-order chi connectivity index (χ0) is 26.5. The van der Waals surface area contributed by atoms with Crippen molar-refractivity contribution in [3.05, 3.63) is 136 Å². The molecule has 0 saturated heterocycles. The van der Waals surface area contributed by atoms with E-state index >= 15 is 0 Å². The Morgan fingerprint density at radius 3 is 2.29 bits per heavy atom. The second-order valence-electron chi connectivity index (χ2n) is 8.61. The monoisotopic (exact) mass is 501 g/mol. The van der Waals surface area contributed by atoms with E-state index in [-0.39, 0.29) is 11.4 Å². The van der Waals surface area contributed by atoms with Gasteiger partial charge in [-0.3, -0.25) is 14.9 Å². The molecule has 5 aromatic rings. The number of rotatable bonds is 7. The topological polar surface area (TPSA) is 102 Å². The molecule has 4 aromatic carbocycles. The quantitative estimate of drug-likeness (QED) is 0.163. The molecule has 0 spiro atoms. The number of benzene rings is 4. The summed E-state index contributed by atoms with van der Waals surface area (Å²) in [6.07, 6.45) is 1.35. The number of aryl methyl sites for hydroxylation is 1. The number of hydrogen-bond acceptors (Lipinski definition) is 5. The Labute approximate surface area is 219 Å². The number of carbonyl (C=O) groups excluding carboxylic acids is 1. The van der Waals surface area contributed by atoms with E-state index in [1.54, 1.807) is 22.9 Å². The van der Waals surface area contributed by atoms with Gasteiger partial charge in [0.05, 0.1) is 22.5 Å². The third-order valence-corrected chi connectivity index (χ3v) is 6.03. The highest BCUT2D eigenvalue weighted by Crippen LogP contribution is 2.28. The lowest BCUT2D eigenvalue weighted by molar-refractivity contribution is -0.384. The van der Waals surface area contributed by atoms with Crippen molar-refractivity contribution in [1.82, 2.24) is 15.2 Å². The summed E-state index contributed by atoms with van der Waals surface area (Å²) in [6, 6.07) is 33.7. The molecule has 5 rings (SSSR count). The van der Waals surface area contributed by atoms with Gasteiger partial charge in [0.2, 0.25) is 0 Å². The van der Waals surface area contributed by atoms with Crippen molar-refractivity contribution in [2.45, 2.75) is 6.92 Å². The standard InChI is InChI=1S/C30H23N5O3/c1-21-8-5-6-13-28(21)34-29(25-16-14-24(15-17-25)23-10-3-2-4-11-23)19-27(33-34)30(36)32-31-20-22-9-7-12-26(18-22)35(37)38/h2-20H,1H3,(H,32,36)/b31-20-. The number of para-hydroxylation sites is 1. The molecule has 0 fully saturated rings. The first-order chi connectivity index (χ1) is 18.5. The van der Waals surface area contributed by atoms with Crippen LogP contribution in [0.25, 0.3) is 28.1 Å². The first-order valence-corrected chi connectivity index (χ1v) is 11.9. The van der Waals surface area contributed by atoms with Gasteiger partial charge < -0.3 is 0 Å². The molecular weight excluding hydrogens is 478 g/mol. The molecule has 8 nitrogen and oxygen atoms in total. The van der Waals surface area contributed by atoms with E-state index in [1.807, 2.05) is 73.7 Å². The lowest BCUT2D eigenvalue weighted by Crippen LogP contribution is -2.18. The fourth-order valence-corrected chi connectivity index (χ4v) is 4.09. The van der Waals surface area contributed by atoms with Gasteiger partial charge >= 0.3 is 0 Å². The van der Waals surface area contributed by atoms with E-state index < -0.39 is 10.8 Å². The minimum atomic E-state index is -0.499. The van der Waals surface area contributed by atoms with Crippen LogP contribution in [0, 0.1) is 17.0 Å². The Morgan fingerprint density at radius 2 is 1.55 bits per heavy atom. The number of amides is 1. The van der Waals surface area contributed by atoms with E-state index in [9.17, 15) is 14.9 Å². The van der Waals surface area contributed by atoms with Crippen LogP contribution in [0.3, 0.4) is 0 Å². The maximum Gasteiger partial charge on any atom is 0.291 e. The fourth-order valence-electron chi connectivity index (χ4n) is 4.09. The molecule has 0 bridgehead atoms. The smallest absolute Gasteiger partial charge is 0.265 e. The summed E-state index contributed by atoms with van der Waals surface area (Å²) in [5, 5.41) is 19.6. The van der Waals surface area contributed by atoms with Crippen molar-refractivity contribution in [3.63, 3.8) is 0 Å². The van der Waals surface area contributed by atoms with Crippen LogP contribution in [0.15, 0.2) is 114 Å². The molecule has 0 aliphatic carbocycles. The van der Waals surface area contributed by atoms with Gasteiger partial charge in [0.15, 0.2) is 5.69 Å². The molecule has 0 saturated carbocycles. The molecule has 0 atom stereocenters. The molecule has 1 heterocycles. The Kier molecular flexibility index (Phi) is 6.86. The highest BCUT2D eigenvalue weighted by Gasteiger charge is 2.18. The van der Waals surface area contributed by atoms with Crippen LogP contribution in [-0.4, -0.2) is 26.8 Å². The predicted octanol–water partition coefficient (Wildman–Crippen LogP) is 6.19. The molecular formula is C30H23N5O3. The van der Waals surface area contributed by atoms with Gasteiger partial charge in [0.25, 0.3) is 11.6 Å². The van der Waals surface area contributed by atoms with Crippen LogP contribution in [0.4, 0.5) is 5.69 Å². The SMILES string of the molecule is Cc1ccccc1-n1nc(C(=O)N/N=C\c2cccc([N+](=O)[O-])c2)cc1-c1ccc(-c2ccccc2)cc1. The van der Waals surface area contributed by atoms with E-state index in [1.165, 1.54) is 18.3 Å². The van der Waals surface area contributed by atoms with Crippen molar-refractivity contribution >= 4 is 17.8 Å². The maximum atomic E-state index is 13.0. The summed E-state index contributed by atoms with van der Waals surface area (Å²) in [6.45, 7) is 1.99. The van der Waals surface area contributed by atoms with Crippen LogP contribution < -0.4 is 5.43 Å². The molecule has 0 aliphatic heterocycles. The molecule has 0 unspecified atom stereocenters. The van der Waals surface area contributed by atoms with Crippen molar-refractivity contribution in [2.24, 2.45) is 5.10 Å². The molecule has 1 aromatic heterocycles. The lowest BCUT2D eigenvalue weighted by atomic mass is 10.0. The van der Waals surface area contributed by atoms with Gasteiger partial charge in [-0.25, -0.2) is 10.1 Å². The maximum absolute atomic E-state index is 13.0. The van der Waals surface area contributed by atoms with E-state index in [2.05, 4.69) is 27.8 Å². The Bertz CT molecular complexity index is 1640. The highest BCUT2D eigenvalue weighted by atomic mass is 16.6. The van der Waals surface area contributed by atoms with Crippen molar-refractivity contribution < 1.29 is 9.72 Å². The molecule has 38 heavy (non-hydrogen) atoms. The zero-order valence-corrected chi connectivity index (χ0v) is 20.5. The Balaban J connectivity index is 1.45. The van der Waals surface area contributed by atoms with Crippen LogP contribution in [0.1, 0.15) is 21.6 Å². The predicted molar refractivity (Wildman–Crippen MR) is 147 cm³/mol. The first-order valence-electron chi connectivity index (χ1n) is 11.9. The summed E-state index contributed by atoms with van der Waals surface area (Å²) >= 11 is 0. The second-order valence-corrected chi connectivity index (χ2v) is 8.61. The number of nitrogens with one attached hydrogen (secondary N) is 1. The van der Waals surface area contributed by atoms with Crippen molar-refractivity contribution in [1.29, 1.82) is 0 Å². The minimum absolute atomic E-state index is 0.0554. The van der Waals surface area contributed by atoms with Crippen molar-refractivity contribution in [2.75, 3.05) is 0 Å². The average Bonchev–Trinajstić information content (AvgIpc) is 3.39. The summed E-state index contributed by atoms with van der Waals surface area (Å²) in [4.78, 5) is 23.5. The van der Waals surface area contributed by atoms with Crippen LogP contribution in [0.5, 0.6) is 0 Å². The van der Waals surface area contributed by atoms with Gasteiger partial charge in [-0.2, -0.15) is 10.2 Å². The Morgan fingerprint density at radius 1 is 0.868 bits per heavy atom. The fraction of sp³-hybridized carbons (Fsp3) is 0.0333. The first kappa shape index (κ1) is 24.3. The number of hydrogen-bond donors (Lipinski definition) is 1. The second kappa shape index (κ2) is 10.7. The summed E-state index contributed by atoms with van der Waals surface area (Å²) < 4.78 is 1.76. The number of nitro benzene ring substituents is 1. The van der Waals surface area contributed by atoms with Gasteiger partial charge in [-0.1, -0.05) is 84.9 Å². The number of nitrogens with zero attached hydrogens (tertiary/aromatic N) is 4. The highest BCUT2D eigenvalue weighted by molar-refractivity contribution is 5.94. The minimum Gasteiger partial charge on any atom is -0.265 e. The normalized spacial score (nSPS) is 11.0.